The van der Waals surface area contributed by atoms with E-state index in [1.54, 1.807) is 11.3 Å². The molecule has 3 heteroatoms. The van der Waals surface area contributed by atoms with Crippen molar-refractivity contribution in [2.24, 2.45) is 5.92 Å². The molecule has 0 amide bonds. The van der Waals surface area contributed by atoms with Crippen molar-refractivity contribution in [1.82, 2.24) is 4.98 Å². The molecule has 0 radical (unpaired) electrons. The van der Waals surface area contributed by atoms with Crippen LogP contribution in [0.4, 0.5) is 0 Å². The van der Waals surface area contributed by atoms with Gasteiger partial charge in [0.2, 0.25) is 0 Å². The predicted octanol–water partition coefficient (Wildman–Crippen LogP) is 2.76. The molecular formula is C12H19NOS. The van der Waals surface area contributed by atoms with Crippen LogP contribution < -0.4 is 0 Å². The third kappa shape index (κ3) is 2.08. The van der Waals surface area contributed by atoms with Crippen LogP contribution in [0.3, 0.4) is 0 Å². The van der Waals surface area contributed by atoms with Crippen LogP contribution in [0.1, 0.15) is 43.8 Å². The third-order valence-electron chi connectivity index (χ3n) is 3.29. The monoisotopic (exact) mass is 225 g/mol. The van der Waals surface area contributed by atoms with Crippen molar-refractivity contribution in [3.63, 3.8) is 0 Å². The summed E-state index contributed by atoms with van der Waals surface area (Å²) in [6.45, 7) is 4.69. The van der Waals surface area contributed by atoms with Gasteiger partial charge in [0.15, 0.2) is 0 Å². The molecule has 2 nitrogen and oxygen atoms in total. The van der Waals surface area contributed by atoms with Gasteiger partial charge in [-0.3, -0.25) is 0 Å². The Morgan fingerprint density at radius 1 is 1.53 bits per heavy atom. The molecule has 0 bridgehead atoms. The van der Waals surface area contributed by atoms with E-state index in [9.17, 15) is 5.11 Å². The van der Waals surface area contributed by atoms with E-state index in [0.29, 0.717) is 5.92 Å². The van der Waals surface area contributed by atoms with Crippen molar-refractivity contribution in [1.29, 1.82) is 0 Å². The number of aliphatic hydroxyl groups excluding tert-OH is 1. The summed E-state index contributed by atoms with van der Waals surface area (Å²) in [5, 5.41) is 12.8. The topological polar surface area (TPSA) is 33.1 Å². The van der Waals surface area contributed by atoms with Crippen LogP contribution in [0, 0.1) is 5.92 Å². The van der Waals surface area contributed by atoms with E-state index >= 15 is 0 Å². The summed E-state index contributed by atoms with van der Waals surface area (Å²) in [5.41, 5.74) is 1.16. The highest BCUT2D eigenvalue weighted by molar-refractivity contribution is 7.09. The van der Waals surface area contributed by atoms with Crippen molar-refractivity contribution in [3.8, 4) is 0 Å². The lowest BCUT2D eigenvalue weighted by Gasteiger charge is -2.38. The van der Waals surface area contributed by atoms with E-state index < -0.39 is 0 Å². The maximum Gasteiger partial charge on any atom is 0.0931 e. The molecule has 84 valence electrons. The molecular weight excluding hydrogens is 206 g/mol. The molecule has 1 aromatic rings. The van der Waals surface area contributed by atoms with Crippen LogP contribution >= 0.6 is 11.3 Å². The fraction of sp³-hybridized carbons (Fsp3) is 0.750. The molecule has 1 N–H and O–H groups in total. The second-order valence-electron chi connectivity index (χ2n) is 5.02. The molecule has 1 aliphatic rings. The fourth-order valence-electron chi connectivity index (χ4n) is 2.10. The highest BCUT2D eigenvalue weighted by atomic mass is 32.1. The second-order valence-corrected chi connectivity index (χ2v) is 5.96. The first-order valence-corrected chi connectivity index (χ1v) is 6.60. The molecule has 0 aliphatic heterocycles. The molecule has 0 unspecified atom stereocenters. The third-order valence-corrected chi connectivity index (χ3v) is 4.16. The molecule has 0 atom stereocenters. The minimum Gasteiger partial charge on any atom is -0.395 e. The van der Waals surface area contributed by atoms with E-state index in [-0.39, 0.29) is 12.0 Å². The average molecular weight is 225 g/mol. The van der Waals surface area contributed by atoms with Gasteiger partial charge in [-0.05, 0) is 18.8 Å². The maximum absolute atomic E-state index is 9.45. The molecule has 2 rings (SSSR count). The Kier molecular flexibility index (Phi) is 3.12. The Morgan fingerprint density at radius 2 is 2.27 bits per heavy atom. The highest BCUT2D eigenvalue weighted by Gasteiger charge is 2.40. The number of aromatic nitrogens is 1. The molecule has 0 aromatic carbocycles. The van der Waals surface area contributed by atoms with Crippen LogP contribution in [-0.2, 0) is 11.8 Å². The minimum absolute atomic E-state index is 0.0196. The van der Waals surface area contributed by atoms with Gasteiger partial charge < -0.3 is 5.11 Å². The van der Waals surface area contributed by atoms with Gasteiger partial charge in [-0.25, -0.2) is 4.98 Å². The Morgan fingerprint density at radius 3 is 2.73 bits per heavy atom. The van der Waals surface area contributed by atoms with Gasteiger partial charge in [-0.15, -0.1) is 11.3 Å². The Bertz CT molecular complexity index is 323. The Labute approximate surface area is 95.4 Å². The van der Waals surface area contributed by atoms with Crippen LogP contribution in [0.15, 0.2) is 5.38 Å². The largest absolute Gasteiger partial charge is 0.395 e. The highest BCUT2D eigenvalue weighted by Crippen LogP contribution is 2.43. The van der Waals surface area contributed by atoms with Gasteiger partial charge in [0, 0.05) is 17.2 Å². The first-order valence-electron chi connectivity index (χ1n) is 5.72. The van der Waals surface area contributed by atoms with E-state index in [1.165, 1.54) is 11.4 Å². The zero-order chi connectivity index (χ0) is 10.9. The molecule has 1 aromatic heterocycles. The van der Waals surface area contributed by atoms with Gasteiger partial charge in [0.25, 0.3) is 0 Å². The lowest BCUT2D eigenvalue weighted by molar-refractivity contribution is 0.117. The number of aliphatic hydroxyl groups is 1. The molecule has 15 heavy (non-hydrogen) atoms. The van der Waals surface area contributed by atoms with Gasteiger partial charge in [0.05, 0.1) is 17.3 Å². The van der Waals surface area contributed by atoms with Gasteiger partial charge in [0.1, 0.15) is 0 Å². The van der Waals surface area contributed by atoms with Crippen molar-refractivity contribution >= 4 is 11.3 Å². The number of hydrogen-bond donors (Lipinski definition) is 1. The zero-order valence-corrected chi connectivity index (χ0v) is 10.3. The van der Waals surface area contributed by atoms with Crippen molar-refractivity contribution in [2.45, 2.75) is 44.9 Å². The van der Waals surface area contributed by atoms with E-state index in [0.717, 1.165) is 25.0 Å². The van der Waals surface area contributed by atoms with Crippen LogP contribution in [0.2, 0.25) is 0 Å². The van der Waals surface area contributed by atoms with Gasteiger partial charge in [-0.1, -0.05) is 20.3 Å². The smallest absolute Gasteiger partial charge is 0.0931 e. The lowest BCUT2D eigenvalue weighted by Crippen LogP contribution is -2.38. The second kappa shape index (κ2) is 4.22. The van der Waals surface area contributed by atoms with Gasteiger partial charge in [-0.2, -0.15) is 0 Å². The predicted molar refractivity (Wildman–Crippen MR) is 63.3 cm³/mol. The summed E-state index contributed by atoms with van der Waals surface area (Å²) in [4.78, 5) is 4.67. The lowest BCUT2D eigenvalue weighted by atomic mass is 9.67. The van der Waals surface area contributed by atoms with Gasteiger partial charge >= 0.3 is 0 Å². The van der Waals surface area contributed by atoms with E-state index in [1.807, 2.05) is 0 Å². The van der Waals surface area contributed by atoms with Crippen molar-refractivity contribution in [2.75, 3.05) is 6.61 Å². The van der Waals surface area contributed by atoms with Crippen LogP contribution in [-0.4, -0.2) is 16.7 Å². The fourth-order valence-corrected chi connectivity index (χ4v) is 3.23. The molecule has 1 aliphatic carbocycles. The SMILES string of the molecule is CC(C)Cc1nc(C2(CO)CCC2)cs1. The molecule has 1 fully saturated rings. The Hall–Kier alpha value is -0.410. The first-order chi connectivity index (χ1) is 7.16. The quantitative estimate of drug-likeness (QED) is 0.854. The van der Waals surface area contributed by atoms with E-state index in [2.05, 4.69) is 24.2 Å². The van der Waals surface area contributed by atoms with Crippen LogP contribution in [0.5, 0.6) is 0 Å². The van der Waals surface area contributed by atoms with Crippen LogP contribution in [0.25, 0.3) is 0 Å². The number of thiazole rings is 1. The normalized spacial score (nSPS) is 19.2. The standard InChI is InChI=1S/C12H19NOS/c1-9(2)6-11-13-10(7-15-11)12(8-14)4-3-5-12/h7,9,14H,3-6,8H2,1-2H3. The van der Waals surface area contributed by atoms with Crippen molar-refractivity contribution in [3.05, 3.63) is 16.1 Å². The number of hydrogen-bond acceptors (Lipinski definition) is 3. The molecule has 0 spiro atoms. The average Bonchev–Trinajstić information content (AvgIpc) is 2.51. The zero-order valence-electron chi connectivity index (χ0n) is 9.49. The summed E-state index contributed by atoms with van der Waals surface area (Å²) < 4.78 is 0. The minimum atomic E-state index is 0.0196. The summed E-state index contributed by atoms with van der Waals surface area (Å²) in [7, 11) is 0. The maximum atomic E-state index is 9.45. The number of rotatable bonds is 4. The molecule has 1 heterocycles. The van der Waals surface area contributed by atoms with Crippen molar-refractivity contribution < 1.29 is 5.11 Å². The molecule has 0 saturated heterocycles. The number of nitrogens with zero attached hydrogens (tertiary/aromatic N) is 1. The summed E-state index contributed by atoms with van der Waals surface area (Å²) >= 11 is 1.75. The Balaban J connectivity index is 2.12. The summed E-state index contributed by atoms with van der Waals surface area (Å²) in [5.74, 6) is 0.662. The first kappa shape index (κ1) is 11.1. The summed E-state index contributed by atoms with van der Waals surface area (Å²) in [6.07, 6.45) is 4.51. The summed E-state index contributed by atoms with van der Waals surface area (Å²) in [6, 6.07) is 0. The van der Waals surface area contributed by atoms with E-state index in [4.69, 9.17) is 0 Å². The molecule has 1 saturated carbocycles.